The van der Waals surface area contributed by atoms with Gasteiger partial charge in [-0.15, -0.1) is 0 Å². The SMILES string of the molecule is Cc1ccc(COc2ccc(/C=C3\C(=O)NC(=O)N(c4ccc(OCc5ccccc5)cc4)C3=O)cc2Cl)cc1C. The Morgan fingerprint density at radius 2 is 1.51 bits per heavy atom. The molecule has 0 aromatic heterocycles. The largest absolute Gasteiger partial charge is 0.489 e. The summed E-state index contributed by atoms with van der Waals surface area (Å²) in [6.07, 6.45) is 1.40. The first-order valence-electron chi connectivity index (χ1n) is 13.0. The topological polar surface area (TPSA) is 84.9 Å². The van der Waals surface area contributed by atoms with Gasteiger partial charge in [0.1, 0.15) is 30.3 Å². The molecule has 0 aliphatic carbocycles. The molecule has 4 aromatic carbocycles. The van der Waals surface area contributed by atoms with Crippen molar-refractivity contribution >= 4 is 41.2 Å². The van der Waals surface area contributed by atoms with Crippen molar-refractivity contribution in [1.82, 2.24) is 5.32 Å². The fourth-order valence-corrected chi connectivity index (χ4v) is 4.51. The fraction of sp³-hybridized carbons (Fsp3) is 0.121. The molecule has 4 aromatic rings. The summed E-state index contributed by atoms with van der Waals surface area (Å²) >= 11 is 6.45. The quantitative estimate of drug-likeness (QED) is 0.188. The molecule has 0 atom stereocenters. The van der Waals surface area contributed by atoms with Gasteiger partial charge >= 0.3 is 6.03 Å². The van der Waals surface area contributed by atoms with Gasteiger partial charge < -0.3 is 9.47 Å². The summed E-state index contributed by atoms with van der Waals surface area (Å²) in [6.45, 7) is 4.82. The van der Waals surface area contributed by atoms with Gasteiger partial charge in [-0.2, -0.15) is 0 Å². The van der Waals surface area contributed by atoms with E-state index in [-0.39, 0.29) is 5.57 Å². The Morgan fingerprint density at radius 3 is 2.22 bits per heavy atom. The lowest BCUT2D eigenvalue weighted by Crippen LogP contribution is -2.54. The standard InChI is InChI=1S/C33H27ClN2O5/c1-21-8-9-25(16-22(21)2)20-41-30-15-10-24(18-29(30)34)17-28-31(37)35-33(39)36(32(28)38)26-11-13-27(14-12-26)40-19-23-6-4-3-5-7-23/h3-18H,19-20H2,1-2H3,(H,35,37,39)/b28-17+. The summed E-state index contributed by atoms with van der Waals surface area (Å²) in [4.78, 5) is 39.4. The van der Waals surface area contributed by atoms with E-state index in [0.717, 1.165) is 16.0 Å². The van der Waals surface area contributed by atoms with Crippen molar-refractivity contribution in [2.45, 2.75) is 27.1 Å². The number of aryl methyl sites for hydroxylation is 2. The van der Waals surface area contributed by atoms with E-state index in [1.165, 1.54) is 17.2 Å². The third kappa shape index (κ3) is 6.48. The average molecular weight is 567 g/mol. The van der Waals surface area contributed by atoms with E-state index in [4.69, 9.17) is 21.1 Å². The van der Waals surface area contributed by atoms with Gasteiger partial charge in [0.15, 0.2) is 0 Å². The Morgan fingerprint density at radius 1 is 0.780 bits per heavy atom. The number of imide groups is 2. The molecule has 206 valence electrons. The lowest BCUT2D eigenvalue weighted by Gasteiger charge is -2.26. The zero-order valence-electron chi connectivity index (χ0n) is 22.5. The first-order chi connectivity index (χ1) is 19.8. The van der Waals surface area contributed by atoms with Crippen LogP contribution in [-0.2, 0) is 22.8 Å². The number of rotatable bonds is 8. The number of carbonyl (C=O) groups is 3. The van der Waals surface area contributed by atoms with Gasteiger partial charge in [-0.25, -0.2) is 9.69 Å². The number of barbiturate groups is 1. The van der Waals surface area contributed by atoms with Crippen LogP contribution in [0.15, 0.2) is 96.6 Å². The number of benzene rings is 4. The minimum atomic E-state index is -0.830. The first-order valence-corrected chi connectivity index (χ1v) is 13.3. The number of hydrogen-bond acceptors (Lipinski definition) is 5. The molecule has 1 fully saturated rings. The minimum absolute atomic E-state index is 0.200. The molecule has 1 saturated heterocycles. The number of urea groups is 1. The summed E-state index contributed by atoms with van der Waals surface area (Å²) in [6, 6.07) is 26.4. The molecule has 41 heavy (non-hydrogen) atoms. The highest BCUT2D eigenvalue weighted by atomic mass is 35.5. The monoisotopic (exact) mass is 566 g/mol. The second-order valence-electron chi connectivity index (χ2n) is 9.62. The highest BCUT2D eigenvalue weighted by molar-refractivity contribution is 6.39. The average Bonchev–Trinajstić information content (AvgIpc) is 2.96. The Hall–Kier alpha value is -4.88. The number of amides is 4. The Labute approximate surface area is 243 Å². The second-order valence-corrected chi connectivity index (χ2v) is 10.0. The van der Waals surface area contributed by atoms with Crippen molar-refractivity contribution in [2.75, 3.05) is 4.90 Å². The number of hydrogen-bond donors (Lipinski definition) is 1. The molecule has 1 N–H and O–H groups in total. The Bertz CT molecular complexity index is 1650. The molecule has 0 unspecified atom stereocenters. The molecule has 1 aliphatic heterocycles. The summed E-state index contributed by atoms with van der Waals surface area (Å²) < 4.78 is 11.7. The number of halogens is 1. The van der Waals surface area contributed by atoms with Crippen LogP contribution in [0.4, 0.5) is 10.5 Å². The lowest BCUT2D eigenvalue weighted by atomic mass is 10.1. The molecular formula is C33H27ClN2O5. The van der Waals surface area contributed by atoms with E-state index in [2.05, 4.69) is 18.3 Å². The third-order valence-electron chi connectivity index (χ3n) is 6.68. The molecule has 7 nitrogen and oxygen atoms in total. The van der Waals surface area contributed by atoms with Gasteiger partial charge in [0.05, 0.1) is 10.7 Å². The highest BCUT2D eigenvalue weighted by Gasteiger charge is 2.36. The molecule has 0 radical (unpaired) electrons. The van der Waals surface area contributed by atoms with E-state index in [1.807, 2.05) is 49.4 Å². The van der Waals surface area contributed by atoms with E-state index in [9.17, 15) is 14.4 Å². The van der Waals surface area contributed by atoms with Gasteiger partial charge in [-0.05, 0) is 84.1 Å². The number of ether oxygens (including phenoxy) is 2. The smallest absolute Gasteiger partial charge is 0.335 e. The molecule has 1 heterocycles. The van der Waals surface area contributed by atoms with E-state index in [1.54, 1.807) is 42.5 Å². The summed E-state index contributed by atoms with van der Waals surface area (Å²) in [5.74, 6) is -0.491. The molecule has 8 heteroatoms. The van der Waals surface area contributed by atoms with Crippen molar-refractivity contribution in [3.05, 3.63) is 129 Å². The van der Waals surface area contributed by atoms with Crippen molar-refractivity contribution in [2.24, 2.45) is 0 Å². The lowest BCUT2D eigenvalue weighted by molar-refractivity contribution is -0.122. The maximum Gasteiger partial charge on any atom is 0.335 e. The highest BCUT2D eigenvalue weighted by Crippen LogP contribution is 2.29. The van der Waals surface area contributed by atoms with Crippen LogP contribution in [0.1, 0.15) is 27.8 Å². The van der Waals surface area contributed by atoms with Crippen LogP contribution in [-0.4, -0.2) is 17.8 Å². The zero-order valence-corrected chi connectivity index (χ0v) is 23.3. The zero-order chi connectivity index (χ0) is 28.9. The van der Waals surface area contributed by atoms with Crippen LogP contribution < -0.4 is 19.7 Å². The van der Waals surface area contributed by atoms with Gasteiger partial charge in [-0.1, -0.05) is 66.2 Å². The number of carbonyl (C=O) groups excluding carboxylic acids is 3. The van der Waals surface area contributed by atoms with Crippen molar-refractivity contribution < 1.29 is 23.9 Å². The molecule has 4 amide bonds. The van der Waals surface area contributed by atoms with Gasteiger partial charge in [0, 0.05) is 0 Å². The maximum atomic E-state index is 13.3. The summed E-state index contributed by atoms with van der Waals surface area (Å²) in [5, 5.41) is 2.56. The molecule has 5 rings (SSSR count). The van der Waals surface area contributed by atoms with Crippen molar-refractivity contribution in [3.8, 4) is 11.5 Å². The van der Waals surface area contributed by atoms with Gasteiger partial charge in [0.25, 0.3) is 11.8 Å². The molecular weight excluding hydrogens is 540 g/mol. The van der Waals surface area contributed by atoms with E-state index >= 15 is 0 Å². The summed E-state index contributed by atoms with van der Waals surface area (Å²) in [5.41, 5.74) is 5.01. The molecule has 0 bridgehead atoms. The number of anilines is 1. The minimum Gasteiger partial charge on any atom is -0.489 e. The van der Waals surface area contributed by atoms with Crippen LogP contribution in [0.2, 0.25) is 5.02 Å². The molecule has 0 spiro atoms. The fourth-order valence-electron chi connectivity index (χ4n) is 4.27. The first kappa shape index (κ1) is 27.7. The van der Waals surface area contributed by atoms with Gasteiger partial charge in [-0.3, -0.25) is 14.9 Å². The normalized spacial score (nSPS) is 14.3. The summed E-state index contributed by atoms with van der Waals surface area (Å²) in [7, 11) is 0. The number of nitrogens with zero attached hydrogens (tertiary/aromatic N) is 1. The molecule has 0 saturated carbocycles. The second kappa shape index (κ2) is 12.1. The van der Waals surface area contributed by atoms with E-state index < -0.39 is 17.8 Å². The van der Waals surface area contributed by atoms with Crippen LogP contribution in [0.3, 0.4) is 0 Å². The number of nitrogens with one attached hydrogen (secondary N) is 1. The van der Waals surface area contributed by atoms with Crippen LogP contribution in [0.5, 0.6) is 11.5 Å². The predicted octanol–water partition coefficient (Wildman–Crippen LogP) is 6.78. The van der Waals surface area contributed by atoms with Crippen LogP contribution >= 0.6 is 11.6 Å². The molecule has 1 aliphatic rings. The van der Waals surface area contributed by atoms with Crippen molar-refractivity contribution in [3.63, 3.8) is 0 Å². The predicted molar refractivity (Wildman–Crippen MR) is 158 cm³/mol. The van der Waals surface area contributed by atoms with Gasteiger partial charge in [0.2, 0.25) is 0 Å². The van der Waals surface area contributed by atoms with Crippen LogP contribution in [0.25, 0.3) is 6.08 Å². The van der Waals surface area contributed by atoms with Crippen LogP contribution in [0, 0.1) is 13.8 Å². The maximum absolute atomic E-state index is 13.3. The van der Waals surface area contributed by atoms with Crippen molar-refractivity contribution in [1.29, 1.82) is 0 Å². The van der Waals surface area contributed by atoms with E-state index in [0.29, 0.717) is 41.0 Å². The Kier molecular flexibility index (Phi) is 8.17. The third-order valence-corrected chi connectivity index (χ3v) is 6.97. The Balaban J connectivity index is 1.29.